The number of rotatable bonds is 7. The molecule has 1 aromatic carbocycles. The van der Waals surface area contributed by atoms with Crippen molar-refractivity contribution < 1.29 is 14.3 Å². The molecule has 6 nitrogen and oxygen atoms in total. The molecule has 2 aromatic rings. The number of nitrogens with zero attached hydrogens (tertiary/aromatic N) is 3. The lowest BCUT2D eigenvalue weighted by atomic mass is 10.2. The van der Waals surface area contributed by atoms with Crippen molar-refractivity contribution in [3.05, 3.63) is 42.7 Å². The van der Waals surface area contributed by atoms with Crippen LogP contribution in [0.25, 0.3) is 0 Å². The van der Waals surface area contributed by atoms with Crippen LogP contribution in [0.15, 0.2) is 42.7 Å². The Morgan fingerprint density at radius 2 is 1.52 bits per heavy atom. The lowest BCUT2D eigenvalue weighted by Gasteiger charge is -2.25. The lowest BCUT2D eigenvalue weighted by Crippen LogP contribution is -2.33. The average Bonchev–Trinajstić information content (AvgIpc) is 2.62. The predicted molar refractivity (Wildman–Crippen MR) is 85.5 cm³/mol. The van der Waals surface area contributed by atoms with E-state index in [9.17, 15) is 0 Å². The van der Waals surface area contributed by atoms with Crippen LogP contribution in [0, 0.1) is 0 Å². The molecule has 0 unspecified atom stereocenters. The van der Waals surface area contributed by atoms with Crippen molar-refractivity contribution >= 4 is 0 Å². The normalized spacial score (nSPS) is 15.1. The topological polar surface area (TPSA) is 56.7 Å². The smallest absolute Gasteiger partial charge is 0.300 e. The summed E-state index contributed by atoms with van der Waals surface area (Å²) in [5.74, 6) is 1.63. The third kappa shape index (κ3) is 4.82. The van der Waals surface area contributed by atoms with Gasteiger partial charge in [0.15, 0.2) is 0 Å². The van der Waals surface area contributed by atoms with E-state index < -0.39 is 0 Å². The zero-order chi connectivity index (χ0) is 15.7. The minimum atomic E-state index is 0.379. The second-order valence-electron chi connectivity index (χ2n) is 5.26. The molecule has 2 heterocycles. The molecule has 0 aliphatic carbocycles. The first-order valence-corrected chi connectivity index (χ1v) is 7.96. The van der Waals surface area contributed by atoms with Gasteiger partial charge in [-0.25, -0.2) is 9.97 Å². The standard InChI is InChI=1S/C17H21N3O3/c1-3-7-15(8-4-1)21-13-14-22-16-17(19-10-9-18-16)23-20-11-5-2-6-12-20/h1,3-4,7-10H,2,5-6,11-14H2. The highest BCUT2D eigenvalue weighted by Crippen LogP contribution is 2.22. The van der Waals surface area contributed by atoms with Crippen LogP contribution in [-0.2, 0) is 0 Å². The van der Waals surface area contributed by atoms with E-state index in [1.54, 1.807) is 12.4 Å². The molecule has 6 heteroatoms. The van der Waals surface area contributed by atoms with Crippen LogP contribution in [0.1, 0.15) is 19.3 Å². The highest BCUT2D eigenvalue weighted by molar-refractivity contribution is 5.24. The van der Waals surface area contributed by atoms with Gasteiger partial charge in [0, 0.05) is 25.5 Å². The quantitative estimate of drug-likeness (QED) is 0.732. The first-order chi connectivity index (χ1) is 11.4. The number of ether oxygens (including phenoxy) is 2. The first-order valence-electron chi connectivity index (χ1n) is 7.96. The van der Waals surface area contributed by atoms with Gasteiger partial charge in [-0.3, -0.25) is 0 Å². The van der Waals surface area contributed by atoms with Crippen LogP contribution in [0.3, 0.4) is 0 Å². The number of hydrogen-bond donors (Lipinski definition) is 0. The summed E-state index contributed by atoms with van der Waals surface area (Å²) in [7, 11) is 0. The van der Waals surface area contributed by atoms with Gasteiger partial charge in [-0.15, -0.1) is 5.06 Å². The van der Waals surface area contributed by atoms with Crippen LogP contribution in [0.2, 0.25) is 0 Å². The molecule has 1 aliphatic heterocycles. The summed E-state index contributed by atoms with van der Waals surface area (Å²) in [5, 5.41) is 1.92. The largest absolute Gasteiger partial charge is 0.490 e. The van der Waals surface area contributed by atoms with Crippen molar-refractivity contribution in [1.82, 2.24) is 15.0 Å². The fraction of sp³-hybridized carbons (Fsp3) is 0.412. The van der Waals surface area contributed by atoms with Crippen LogP contribution >= 0.6 is 0 Å². The highest BCUT2D eigenvalue weighted by Gasteiger charge is 2.16. The molecule has 0 atom stereocenters. The van der Waals surface area contributed by atoms with Gasteiger partial charge in [-0.05, 0) is 25.0 Å². The van der Waals surface area contributed by atoms with E-state index in [0.717, 1.165) is 31.7 Å². The zero-order valence-electron chi connectivity index (χ0n) is 13.1. The van der Waals surface area contributed by atoms with Crippen LogP contribution in [0.5, 0.6) is 17.5 Å². The minimum absolute atomic E-state index is 0.379. The van der Waals surface area contributed by atoms with Crippen LogP contribution < -0.4 is 14.3 Å². The minimum Gasteiger partial charge on any atom is -0.490 e. The monoisotopic (exact) mass is 315 g/mol. The summed E-state index contributed by atoms with van der Waals surface area (Å²) in [4.78, 5) is 14.2. The Morgan fingerprint density at radius 3 is 2.30 bits per heavy atom. The van der Waals surface area contributed by atoms with E-state index in [4.69, 9.17) is 14.3 Å². The van der Waals surface area contributed by atoms with Gasteiger partial charge < -0.3 is 14.3 Å². The van der Waals surface area contributed by atoms with Crippen LogP contribution in [0.4, 0.5) is 0 Å². The number of aromatic nitrogens is 2. The molecule has 1 fully saturated rings. The number of hydrogen-bond acceptors (Lipinski definition) is 6. The van der Waals surface area contributed by atoms with E-state index in [2.05, 4.69) is 9.97 Å². The van der Waals surface area contributed by atoms with E-state index in [-0.39, 0.29) is 0 Å². The van der Waals surface area contributed by atoms with Crippen molar-refractivity contribution in [2.24, 2.45) is 0 Å². The molecular weight excluding hydrogens is 294 g/mol. The first kappa shape index (κ1) is 15.6. The molecule has 0 saturated carbocycles. The SMILES string of the molecule is c1ccc(OCCOc2nccnc2ON2CCCCC2)cc1. The number of para-hydroxylation sites is 1. The predicted octanol–water partition coefficient (Wildman–Crippen LogP) is 2.71. The second kappa shape index (κ2) is 8.33. The summed E-state index contributed by atoms with van der Waals surface area (Å²) < 4.78 is 11.2. The molecule has 23 heavy (non-hydrogen) atoms. The van der Waals surface area contributed by atoms with E-state index in [1.165, 1.54) is 6.42 Å². The van der Waals surface area contributed by atoms with Gasteiger partial charge in [-0.2, -0.15) is 0 Å². The molecule has 0 N–H and O–H groups in total. The molecule has 0 spiro atoms. The molecule has 0 amide bonds. The van der Waals surface area contributed by atoms with Gasteiger partial charge in [0.1, 0.15) is 19.0 Å². The lowest BCUT2D eigenvalue weighted by molar-refractivity contribution is -0.0784. The van der Waals surface area contributed by atoms with Crippen molar-refractivity contribution in [3.63, 3.8) is 0 Å². The number of hydroxylamine groups is 2. The Balaban J connectivity index is 1.49. The van der Waals surface area contributed by atoms with E-state index >= 15 is 0 Å². The van der Waals surface area contributed by atoms with Crippen molar-refractivity contribution in [2.45, 2.75) is 19.3 Å². The van der Waals surface area contributed by atoms with E-state index in [0.29, 0.717) is 25.0 Å². The summed E-state index contributed by atoms with van der Waals surface area (Å²) in [6, 6.07) is 9.64. The third-order valence-electron chi connectivity index (χ3n) is 3.50. The maximum atomic E-state index is 5.80. The molecular formula is C17H21N3O3. The van der Waals surface area contributed by atoms with Gasteiger partial charge >= 0.3 is 5.88 Å². The zero-order valence-corrected chi connectivity index (χ0v) is 13.1. The molecule has 0 bridgehead atoms. The Morgan fingerprint density at radius 1 is 0.826 bits per heavy atom. The summed E-state index contributed by atoms with van der Waals surface area (Å²) in [6.07, 6.45) is 6.73. The fourth-order valence-corrected chi connectivity index (χ4v) is 2.37. The summed E-state index contributed by atoms with van der Waals surface area (Å²) in [6.45, 7) is 2.63. The van der Waals surface area contributed by atoms with E-state index in [1.807, 2.05) is 35.4 Å². The van der Waals surface area contributed by atoms with Crippen molar-refractivity contribution in [3.8, 4) is 17.5 Å². The highest BCUT2D eigenvalue weighted by atomic mass is 16.7. The molecule has 1 aromatic heterocycles. The fourth-order valence-electron chi connectivity index (χ4n) is 2.37. The maximum absolute atomic E-state index is 5.80. The molecule has 3 rings (SSSR count). The van der Waals surface area contributed by atoms with Gasteiger partial charge in [-0.1, -0.05) is 24.6 Å². The third-order valence-corrected chi connectivity index (χ3v) is 3.50. The number of piperidine rings is 1. The Kier molecular flexibility index (Phi) is 5.64. The molecule has 1 saturated heterocycles. The molecule has 0 radical (unpaired) electrons. The average molecular weight is 315 g/mol. The van der Waals surface area contributed by atoms with Crippen molar-refractivity contribution in [1.29, 1.82) is 0 Å². The Labute approximate surface area is 136 Å². The number of benzene rings is 1. The Bertz CT molecular complexity index is 589. The molecule has 1 aliphatic rings. The molecule has 122 valence electrons. The van der Waals surface area contributed by atoms with Gasteiger partial charge in [0.2, 0.25) is 0 Å². The Hall–Kier alpha value is -2.34. The van der Waals surface area contributed by atoms with Gasteiger partial charge in [0.05, 0.1) is 0 Å². The van der Waals surface area contributed by atoms with Crippen molar-refractivity contribution in [2.75, 3.05) is 26.3 Å². The van der Waals surface area contributed by atoms with Crippen LogP contribution in [-0.4, -0.2) is 41.3 Å². The van der Waals surface area contributed by atoms with Gasteiger partial charge in [0.25, 0.3) is 5.88 Å². The maximum Gasteiger partial charge on any atom is 0.300 e. The summed E-state index contributed by atoms with van der Waals surface area (Å²) >= 11 is 0. The second-order valence-corrected chi connectivity index (χ2v) is 5.26. The summed E-state index contributed by atoms with van der Waals surface area (Å²) in [5.41, 5.74) is 0.